The number of halogens is 1. The van der Waals surface area contributed by atoms with Crippen LogP contribution in [0.15, 0.2) is 30.3 Å². The maximum atomic E-state index is 12.9. The number of ether oxygens (including phenoxy) is 1. The van der Waals surface area contributed by atoms with Crippen molar-refractivity contribution in [1.29, 1.82) is 0 Å². The lowest BCUT2D eigenvalue weighted by molar-refractivity contribution is 0.171. The van der Waals surface area contributed by atoms with Gasteiger partial charge in [-0.05, 0) is 45.1 Å². The van der Waals surface area contributed by atoms with Crippen LogP contribution in [0.2, 0.25) is 0 Å². The summed E-state index contributed by atoms with van der Waals surface area (Å²) in [7, 11) is 0. The summed E-state index contributed by atoms with van der Waals surface area (Å²) in [6, 6.07) is 8.14. The van der Waals surface area contributed by atoms with Crippen molar-refractivity contribution in [1.82, 2.24) is 0 Å². The Balaban J connectivity index is 2.67. The molecule has 0 amide bonds. The van der Waals surface area contributed by atoms with Crippen LogP contribution in [0, 0.1) is 0 Å². The molecule has 0 saturated carbocycles. The van der Waals surface area contributed by atoms with Crippen LogP contribution in [-0.4, -0.2) is 12.3 Å². The highest BCUT2D eigenvalue weighted by Gasteiger charge is 2.12. The lowest BCUT2D eigenvalue weighted by atomic mass is 10.1. The first kappa shape index (κ1) is 17.7. The second kappa shape index (κ2) is 10.4. The summed E-state index contributed by atoms with van der Waals surface area (Å²) >= 11 is 0. The number of para-hydroxylation sites is 1. The first-order valence-electron chi connectivity index (χ1n) is 8.23. The quantitative estimate of drug-likeness (QED) is 0.500. The van der Waals surface area contributed by atoms with Gasteiger partial charge in [0.05, 0.1) is 12.3 Å². The molecular weight excluding hydrogens is 263 g/mol. The Kier molecular flexibility index (Phi) is 8.80. The zero-order valence-corrected chi connectivity index (χ0v) is 13.6. The van der Waals surface area contributed by atoms with E-state index in [0.717, 1.165) is 43.4 Å². The summed E-state index contributed by atoms with van der Waals surface area (Å²) < 4.78 is 19.1. The van der Waals surface area contributed by atoms with Crippen LogP contribution >= 0.6 is 0 Å². The van der Waals surface area contributed by atoms with Crippen molar-refractivity contribution in [2.45, 2.75) is 71.6 Å². The number of hydrogen-bond donors (Lipinski definition) is 0. The molecule has 0 fully saturated rings. The molecule has 0 saturated heterocycles. The van der Waals surface area contributed by atoms with Crippen molar-refractivity contribution < 1.29 is 9.13 Å². The van der Waals surface area contributed by atoms with E-state index in [1.54, 1.807) is 6.92 Å². The Labute approximate surface area is 129 Å². The molecule has 0 N–H and O–H groups in total. The van der Waals surface area contributed by atoms with E-state index < -0.39 is 6.17 Å². The molecule has 0 heterocycles. The first-order chi connectivity index (χ1) is 10.2. The van der Waals surface area contributed by atoms with Crippen LogP contribution in [0.3, 0.4) is 0 Å². The molecule has 0 aliphatic rings. The molecule has 0 aliphatic heterocycles. The van der Waals surface area contributed by atoms with Gasteiger partial charge in [-0.15, -0.1) is 0 Å². The van der Waals surface area contributed by atoms with Crippen LogP contribution in [0.4, 0.5) is 4.39 Å². The van der Waals surface area contributed by atoms with Gasteiger partial charge in [-0.25, -0.2) is 4.39 Å². The van der Waals surface area contributed by atoms with Gasteiger partial charge < -0.3 is 4.74 Å². The van der Waals surface area contributed by atoms with Gasteiger partial charge in [-0.1, -0.05) is 50.6 Å². The van der Waals surface area contributed by atoms with Crippen LogP contribution in [0.1, 0.15) is 64.9 Å². The fourth-order valence-electron chi connectivity index (χ4n) is 2.36. The number of benzene rings is 1. The van der Waals surface area contributed by atoms with E-state index in [4.69, 9.17) is 4.74 Å². The minimum absolute atomic E-state index is 0.185. The Bertz CT molecular complexity index is 412. The molecule has 0 aliphatic carbocycles. The van der Waals surface area contributed by atoms with Crippen molar-refractivity contribution in [3.8, 4) is 5.75 Å². The molecule has 1 aromatic carbocycles. The lowest BCUT2D eigenvalue weighted by Gasteiger charge is -2.20. The first-order valence-corrected chi connectivity index (χ1v) is 8.23. The largest absolute Gasteiger partial charge is 0.490 e. The molecule has 1 nitrogen and oxygen atoms in total. The molecule has 2 unspecified atom stereocenters. The number of alkyl halides is 1. The maximum absolute atomic E-state index is 12.9. The normalized spacial score (nSPS) is 14.3. The molecule has 0 bridgehead atoms. The third-order valence-corrected chi connectivity index (χ3v) is 3.48. The standard InChI is InChI=1S/C19H29FO/c1-4-6-12-17-13-7-8-15-19(17)21-18(10-5-2)14-9-11-16(3)20/h6-8,12-13,15-16,18H,4-5,9-11,14H2,1-3H3. The average Bonchev–Trinajstić information content (AvgIpc) is 2.46. The van der Waals surface area contributed by atoms with E-state index in [1.165, 1.54) is 0 Å². The van der Waals surface area contributed by atoms with Crippen molar-refractivity contribution in [3.63, 3.8) is 0 Å². The van der Waals surface area contributed by atoms with Gasteiger partial charge in [0, 0.05) is 5.56 Å². The van der Waals surface area contributed by atoms with Crippen LogP contribution < -0.4 is 4.74 Å². The summed E-state index contributed by atoms with van der Waals surface area (Å²) in [5, 5.41) is 0. The predicted octanol–water partition coefficient (Wildman–Crippen LogP) is 6.19. The average molecular weight is 292 g/mol. The summed E-state index contributed by atoms with van der Waals surface area (Å²) in [6.07, 6.45) is 9.28. The lowest BCUT2D eigenvalue weighted by Crippen LogP contribution is -2.17. The Hall–Kier alpha value is -1.31. The van der Waals surface area contributed by atoms with Crippen LogP contribution in [0.5, 0.6) is 5.75 Å². The molecule has 1 aromatic rings. The minimum atomic E-state index is -0.716. The van der Waals surface area contributed by atoms with Crippen molar-refractivity contribution in [2.75, 3.05) is 0 Å². The minimum Gasteiger partial charge on any atom is -0.490 e. The second-order valence-electron chi connectivity index (χ2n) is 5.59. The maximum Gasteiger partial charge on any atom is 0.126 e. The van der Waals surface area contributed by atoms with E-state index in [9.17, 15) is 4.39 Å². The van der Waals surface area contributed by atoms with Crippen LogP contribution in [0.25, 0.3) is 6.08 Å². The van der Waals surface area contributed by atoms with Gasteiger partial charge in [-0.3, -0.25) is 0 Å². The summed E-state index contributed by atoms with van der Waals surface area (Å²) in [6.45, 7) is 5.91. The van der Waals surface area contributed by atoms with Gasteiger partial charge in [0.25, 0.3) is 0 Å². The number of rotatable bonds is 10. The highest BCUT2D eigenvalue weighted by Crippen LogP contribution is 2.24. The number of hydrogen-bond acceptors (Lipinski definition) is 1. The third kappa shape index (κ3) is 7.31. The van der Waals surface area contributed by atoms with Gasteiger partial charge in [-0.2, -0.15) is 0 Å². The fraction of sp³-hybridized carbons (Fsp3) is 0.579. The summed E-state index contributed by atoms with van der Waals surface area (Å²) in [5.74, 6) is 0.939. The van der Waals surface area contributed by atoms with Crippen molar-refractivity contribution in [2.24, 2.45) is 0 Å². The second-order valence-corrected chi connectivity index (χ2v) is 5.59. The van der Waals surface area contributed by atoms with Gasteiger partial charge in [0.2, 0.25) is 0 Å². The van der Waals surface area contributed by atoms with Crippen LogP contribution in [-0.2, 0) is 0 Å². The topological polar surface area (TPSA) is 9.23 Å². The van der Waals surface area contributed by atoms with Gasteiger partial charge >= 0.3 is 0 Å². The van der Waals surface area contributed by atoms with Crippen molar-refractivity contribution in [3.05, 3.63) is 35.9 Å². The monoisotopic (exact) mass is 292 g/mol. The zero-order chi connectivity index (χ0) is 15.5. The summed E-state index contributed by atoms with van der Waals surface area (Å²) in [5.41, 5.74) is 1.12. The smallest absolute Gasteiger partial charge is 0.126 e. The van der Waals surface area contributed by atoms with Gasteiger partial charge in [0.1, 0.15) is 5.75 Å². The molecule has 0 radical (unpaired) electrons. The Morgan fingerprint density at radius 1 is 1.14 bits per heavy atom. The van der Waals surface area contributed by atoms with Crippen molar-refractivity contribution >= 4 is 6.08 Å². The third-order valence-electron chi connectivity index (χ3n) is 3.48. The molecule has 0 aromatic heterocycles. The highest BCUT2D eigenvalue weighted by molar-refractivity contribution is 5.57. The van der Waals surface area contributed by atoms with E-state index in [1.807, 2.05) is 18.2 Å². The van der Waals surface area contributed by atoms with Gasteiger partial charge in [0.15, 0.2) is 0 Å². The molecular formula is C19H29FO. The molecule has 2 atom stereocenters. The number of allylic oxidation sites excluding steroid dienone is 1. The SMILES string of the molecule is CCC=Cc1ccccc1OC(CCC)CCCC(C)F. The molecule has 21 heavy (non-hydrogen) atoms. The predicted molar refractivity (Wildman–Crippen MR) is 89.5 cm³/mol. The van der Waals surface area contributed by atoms with E-state index in [-0.39, 0.29) is 6.10 Å². The molecule has 1 rings (SSSR count). The van der Waals surface area contributed by atoms with E-state index in [0.29, 0.717) is 6.42 Å². The molecule has 2 heteroatoms. The molecule has 0 spiro atoms. The fourth-order valence-corrected chi connectivity index (χ4v) is 2.36. The Morgan fingerprint density at radius 3 is 2.57 bits per heavy atom. The Morgan fingerprint density at radius 2 is 1.90 bits per heavy atom. The highest BCUT2D eigenvalue weighted by atomic mass is 19.1. The molecule has 118 valence electrons. The van der Waals surface area contributed by atoms with E-state index >= 15 is 0 Å². The zero-order valence-electron chi connectivity index (χ0n) is 13.6. The van der Waals surface area contributed by atoms with E-state index in [2.05, 4.69) is 32.1 Å². The summed E-state index contributed by atoms with van der Waals surface area (Å²) in [4.78, 5) is 0.